The summed E-state index contributed by atoms with van der Waals surface area (Å²) >= 11 is 0. The second-order valence-corrected chi connectivity index (χ2v) is 6.06. The van der Waals surface area contributed by atoms with Gasteiger partial charge in [0.15, 0.2) is 0 Å². The molecule has 0 unspecified atom stereocenters. The summed E-state index contributed by atoms with van der Waals surface area (Å²) in [5, 5.41) is 4.32. The third-order valence-electron chi connectivity index (χ3n) is 4.04. The number of para-hydroxylation sites is 1. The fourth-order valence-electron chi connectivity index (χ4n) is 2.33. The number of benzene rings is 2. The molecule has 0 bridgehead atoms. The van der Waals surface area contributed by atoms with Crippen LogP contribution in [0.3, 0.4) is 0 Å². The first-order chi connectivity index (χ1) is 11.9. The van der Waals surface area contributed by atoms with Gasteiger partial charge in [0, 0.05) is 19.2 Å². The number of nitrogens with one attached hydrogen (secondary N) is 1. The Labute approximate surface area is 149 Å². The molecule has 0 aliphatic heterocycles. The maximum absolute atomic E-state index is 13.7. The molecular formula is C20H25FN4. The van der Waals surface area contributed by atoms with Crippen LogP contribution in [0.2, 0.25) is 0 Å². The molecule has 0 heterocycles. The van der Waals surface area contributed by atoms with E-state index in [0.717, 1.165) is 34.6 Å². The Balaban J connectivity index is 2.24. The Bertz CT molecular complexity index is 796. The van der Waals surface area contributed by atoms with Crippen molar-refractivity contribution in [3.8, 4) is 0 Å². The second kappa shape index (κ2) is 8.42. The summed E-state index contributed by atoms with van der Waals surface area (Å²) in [4.78, 5) is 6.56. The molecule has 2 aromatic rings. The molecule has 0 aliphatic carbocycles. The minimum absolute atomic E-state index is 0.323. The van der Waals surface area contributed by atoms with Crippen LogP contribution in [0.1, 0.15) is 30.5 Å². The van der Waals surface area contributed by atoms with Gasteiger partial charge in [0.1, 0.15) is 5.82 Å². The Hall–Kier alpha value is -2.69. The first-order valence-corrected chi connectivity index (χ1v) is 8.33. The minimum atomic E-state index is -0.323. The fourth-order valence-corrected chi connectivity index (χ4v) is 2.33. The van der Waals surface area contributed by atoms with Gasteiger partial charge in [0.25, 0.3) is 0 Å². The van der Waals surface area contributed by atoms with E-state index in [2.05, 4.69) is 28.5 Å². The van der Waals surface area contributed by atoms with Crippen LogP contribution in [0.4, 0.5) is 15.8 Å². The van der Waals surface area contributed by atoms with Crippen LogP contribution in [0.15, 0.2) is 46.5 Å². The normalized spacial score (nSPS) is 11.8. The van der Waals surface area contributed by atoms with E-state index in [1.807, 2.05) is 45.1 Å². The van der Waals surface area contributed by atoms with Gasteiger partial charge in [0.05, 0.1) is 23.4 Å². The predicted molar refractivity (Wildman–Crippen MR) is 105 cm³/mol. The van der Waals surface area contributed by atoms with Crippen molar-refractivity contribution in [2.24, 2.45) is 10.1 Å². The Morgan fingerprint density at radius 1 is 1.20 bits per heavy atom. The van der Waals surface area contributed by atoms with Gasteiger partial charge in [0.2, 0.25) is 0 Å². The number of nitrogens with zero attached hydrogens (tertiary/aromatic N) is 3. The maximum Gasteiger partial charge on any atom is 0.148 e. The number of rotatable bonds is 6. The molecule has 2 rings (SSSR count). The summed E-state index contributed by atoms with van der Waals surface area (Å²) < 4.78 is 13.7. The minimum Gasteiger partial charge on any atom is -0.366 e. The molecule has 2 aromatic carbocycles. The Morgan fingerprint density at radius 3 is 2.60 bits per heavy atom. The fraction of sp³-hybridized carbons (Fsp3) is 0.300. The van der Waals surface area contributed by atoms with Crippen molar-refractivity contribution in [2.75, 3.05) is 19.0 Å². The monoisotopic (exact) mass is 340 g/mol. The molecule has 0 radical (unpaired) electrons. The van der Waals surface area contributed by atoms with Crippen LogP contribution in [-0.4, -0.2) is 30.5 Å². The number of hydrogen-bond donors (Lipinski definition) is 1. The zero-order valence-corrected chi connectivity index (χ0v) is 15.5. The van der Waals surface area contributed by atoms with Crippen molar-refractivity contribution in [3.05, 3.63) is 58.9 Å². The van der Waals surface area contributed by atoms with E-state index in [1.165, 1.54) is 6.07 Å². The molecule has 1 N–H and O–H groups in total. The van der Waals surface area contributed by atoms with E-state index in [1.54, 1.807) is 18.2 Å². The van der Waals surface area contributed by atoms with E-state index in [9.17, 15) is 4.39 Å². The molecule has 5 heteroatoms. The molecule has 0 aliphatic rings. The van der Waals surface area contributed by atoms with Crippen LogP contribution in [0.5, 0.6) is 0 Å². The van der Waals surface area contributed by atoms with Crippen LogP contribution < -0.4 is 5.43 Å². The smallest absolute Gasteiger partial charge is 0.148 e. The van der Waals surface area contributed by atoms with Crippen molar-refractivity contribution in [1.29, 1.82) is 0 Å². The third kappa shape index (κ3) is 4.89. The van der Waals surface area contributed by atoms with Crippen molar-refractivity contribution < 1.29 is 4.39 Å². The van der Waals surface area contributed by atoms with Crippen LogP contribution in [-0.2, 0) is 0 Å². The maximum atomic E-state index is 13.7. The number of hydrogen-bond acceptors (Lipinski definition) is 3. The number of anilines is 1. The van der Waals surface area contributed by atoms with Gasteiger partial charge in [-0.2, -0.15) is 5.10 Å². The lowest BCUT2D eigenvalue weighted by Crippen LogP contribution is -2.14. The Kier molecular flexibility index (Phi) is 6.28. The Morgan fingerprint density at radius 2 is 1.92 bits per heavy atom. The highest BCUT2D eigenvalue weighted by Crippen LogP contribution is 2.24. The largest absolute Gasteiger partial charge is 0.366 e. The molecule has 0 spiro atoms. The van der Waals surface area contributed by atoms with E-state index in [0.29, 0.717) is 5.69 Å². The van der Waals surface area contributed by atoms with Crippen molar-refractivity contribution in [1.82, 2.24) is 4.90 Å². The molecule has 0 amide bonds. The highest BCUT2D eigenvalue weighted by atomic mass is 19.1. The zero-order valence-electron chi connectivity index (χ0n) is 15.5. The molecule has 4 nitrogen and oxygen atoms in total. The summed E-state index contributed by atoms with van der Waals surface area (Å²) in [6, 6.07) is 10.6. The van der Waals surface area contributed by atoms with Crippen molar-refractivity contribution >= 4 is 23.4 Å². The van der Waals surface area contributed by atoms with E-state index in [-0.39, 0.29) is 5.82 Å². The summed E-state index contributed by atoms with van der Waals surface area (Å²) in [6.07, 6.45) is 1.84. The molecule has 132 valence electrons. The average Bonchev–Trinajstić information content (AvgIpc) is 2.60. The topological polar surface area (TPSA) is 40.0 Å². The summed E-state index contributed by atoms with van der Waals surface area (Å²) in [7, 11) is 1.99. The van der Waals surface area contributed by atoms with E-state index < -0.39 is 0 Å². The van der Waals surface area contributed by atoms with Gasteiger partial charge in [-0.25, -0.2) is 9.38 Å². The number of halogens is 1. The lowest BCUT2D eigenvalue weighted by atomic mass is 10.0. The molecule has 25 heavy (non-hydrogen) atoms. The average molecular weight is 340 g/mol. The quantitative estimate of drug-likeness (QED) is 0.462. The predicted octanol–water partition coefficient (Wildman–Crippen LogP) is 4.89. The zero-order chi connectivity index (χ0) is 18.4. The standard InChI is InChI=1S/C20H25FN4/c1-6-25(5)13-22-20-12-14(2)17(11-15(20)3)16(4)23-24-19-10-8-7-9-18(19)21/h7-13,24H,6H2,1-5H3/b22-13?,23-16+. The van der Waals surface area contributed by atoms with Crippen LogP contribution in [0.25, 0.3) is 0 Å². The van der Waals surface area contributed by atoms with E-state index in [4.69, 9.17) is 0 Å². The number of hydrazone groups is 1. The van der Waals surface area contributed by atoms with Gasteiger partial charge in [-0.1, -0.05) is 12.1 Å². The van der Waals surface area contributed by atoms with Crippen LogP contribution in [0, 0.1) is 19.7 Å². The summed E-state index contributed by atoms with van der Waals surface area (Å²) in [6.45, 7) is 8.95. The second-order valence-electron chi connectivity index (χ2n) is 6.06. The summed E-state index contributed by atoms with van der Waals surface area (Å²) in [5.41, 5.74) is 8.06. The molecule has 0 atom stereocenters. The SMILES string of the molecule is CCN(C)C=Nc1cc(C)c(/C(C)=N/Nc2ccccc2F)cc1C. The highest BCUT2D eigenvalue weighted by Gasteiger charge is 2.07. The van der Waals surface area contributed by atoms with Crippen LogP contribution >= 0.6 is 0 Å². The molecule has 0 saturated carbocycles. The van der Waals surface area contributed by atoms with Crippen molar-refractivity contribution in [2.45, 2.75) is 27.7 Å². The molecule has 0 saturated heterocycles. The van der Waals surface area contributed by atoms with E-state index >= 15 is 0 Å². The lowest BCUT2D eigenvalue weighted by Gasteiger charge is -2.12. The van der Waals surface area contributed by atoms with Gasteiger partial charge in [-0.05, 0) is 63.1 Å². The molecule has 0 fully saturated rings. The van der Waals surface area contributed by atoms with Gasteiger partial charge < -0.3 is 4.90 Å². The van der Waals surface area contributed by atoms with Crippen molar-refractivity contribution in [3.63, 3.8) is 0 Å². The first-order valence-electron chi connectivity index (χ1n) is 8.33. The molecule has 0 aromatic heterocycles. The highest BCUT2D eigenvalue weighted by molar-refractivity contribution is 6.01. The number of aryl methyl sites for hydroxylation is 2. The first kappa shape index (κ1) is 18.6. The third-order valence-corrected chi connectivity index (χ3v) is 4.04. The van der Waals surface area contributed by atoms with Gasteiger partial charge >= 0.3 is 0 Å². The van der Waals surface area contributed by atoms with Gasteiger partial charge in [-0.15, -0.1) is 0 Å². The molecular weight excluding hydrogens is 315 g/mol. The number of aliphatic imine (C=N–C) groups is 1. The lowest BCUT2D eigenvalue weighted by molar-refractivity contribution is 0.552. The van der Waals surface area contributed by atoms with Gasteiger partial charge in [-0.3, -0.25) is 5.43 Å². The summed E-state index contributed by atoms with van der Waals surface area (Å²) in [5.74, 6) is -0.323.